The largest absolute Gasteiger partial charge is 0.382 e. The Morgan fingerprint density at radius 3 is 2.57 bits per heavy atom. The Hall–Kier alpha value is -2.88. The predicted octanol–water partition coefficient (Wildman–Crippen LogP) is 2.92. The Morgan fingerprint density at radius 1 is 1.05 bits per heavy atom. The molecule has 0 bridgehead atoms. The topological polar surface area (TPSA) is 55.7 Å². The number of benzene rings is 2. The van der Waals surface area contributed by atoms with Crippen LogP contribution in [0.25, 0.3) is 10.9 Å². The van der Waals surface area contributed by atoms with Gasteiger partial charge in [0.05, 0.1) is 6.21 Å². The summed E-state index contributed by atoms with van der Waals surface area (Å²) in [5, 5.41) is 9.32. The van der Waals surface area contributed by atoms with Gasteiger partial charge in [-0.15, -0.1) is 5.10 Å². The number of aryl methyl sites for hydroxylation is 1. The molecular formula is C17H16N4. The maximum absolute atomic E-state index is 5.91. The van der Waals surface area contributed by atoms with Crippen molar-refractivity contribution in [2.24, 2.45) is 23.0 Å². The molecule has 0 atom stereocenters. The fourth-order valence-electron chi connectivity index (χ4n) is 2.30. The summed E-state index contributed by atoms with van der Waals surface area (Å²) < 4.78 is 2.07. The van der Waals surface area contributed by atoms with Crippen LogP contribution in [0.15, 0.2) is 71.0 Å². The SMILES string of the molecule is Cn1cc(C=NN=C(N)c2ccccc2)c2ccccc21. The molecule has 0 radical (unpaired) electrons. The van der Waals surface area contributed by atoms with Gasteiger partial charge in [0.25, 0.3) is 0 Å². The lowest BCUT2D eigenvalue weighted by Gasteiger charge is -1.96. The molecule has 0 aliphatic heterocycles. The molecule has 0 aliphatic rings. The number of aromatic nitrogens is 1. The molecule has 21 heavy (non-hydrogen) atoms. The number of para-hydroxylation sites is 1. The van der Waals surface area contributed by atoms with Gasteiger partial charge in [-0.2, -0.15) is 5.10 Å². The molecule has 1 aromatic heterocycles. The van der Waals surface area contributed by atoms with Crippen LogP contribution in [0.1, 0.15) is 11.1 Å². The summed E-state index contributed by atoms with van der Waals surface area (Å²) in [6.45, 7) is 0. The van der Waals surface area contributed by atoms with Crippen LogP contribution in [0.2, 0.25) is 0 Å². The average molecular weight is 276 g/mol. The van der Waals surface area contributed by atoms with Crippen LogP contribution in [-0.2, 0) is 7.05 Å². The van der Waals surface area contributed by atoms with E-state index in [1.165, 1.54) is 5.52 Å². The molecule has 0 saturated heterocycles. The third kappa shape index (κ3) is 2.69. The van der Waals surface area contributed by atoms with Gasteiger partial charge in [-0.05, 0) is 6.07 Å². The predicted molar refractivity (Wildman–Crippen MR) is 87.7 cm³/mol. The fraction of sp³-hybridized carbons (Fsp3) is 0.0588. The van der Waals surface area contributed by atoms with Crippen LogP contribution in [0.3, 0.4) is 0 Å². The molecule has 0 saturated carbocycles. The first-order chi connectivity index (χ1) is 10.3. The maximum Gasteiger partial charge on any atom is 0.153 e. The molecule has 0 spiro atoms. The highest BCUT2D eigenvalue weighted by Crippen LogP contribution is 2.18. The summed E-state index contributed by atoms with van der Waals surface area (Å²) >= 11 is 0. The lowest BCUT2D eigenvalue weighted by Crippen LogP contribution is -2.12. The summed E-state index contributed by atoms with van der Waals surface area (Å²) in [5.74, 6) is 0.409. The van der Waals surface area contributed by atoms with E-state index in [-0.39, 0.29) is 0 Å². The standard InChI is InChI=1S/C17H16N4/c1-21-12-14(15-9-5-6-10-16(15)21)11-19-20-17(18)13-7-3-2-4-8-13/h2-12H,1H3,(H2,18,20). The summed E-state index contributed by atoms with van der Waals surface area (Å²) in [5.41, 5.74) is 8.97. The second kappa shape index (κ2) is 5.63. The second-order valence-electron chi connectivity index (χ2n) is 4.81. The summed E-state index contributed by atoms with van der Waals surface area (Å²) in [6, 6.07) is 17.8. The van der Waals surface area contributed by atoms with Crippen LogP contribution in [0.4, 0.5) is 0 Å². The number of amidine groups is 1. The van der Waals surface area contributed by atoms with Gasteiger partial charge in [0, 0.05) is 35.3 Å². The van der Waals surface area contributed by atoms with E-state index in [2.05, 4.69) is 26.9 Å². The number of hydrogen-bond donors (Lipinski definition) is 1. The van der Waals surface area contributed by atoms with E-state index in [0.717, 1.165) is 16.5 Å². The smallest absolute Gasteiger partial charge is 0.153 e. The van der Waals surface area contributed by atoms with Crippen molar-refractivity contribution in [3.05, 3.63) is 71.9 Å². The highest BCUT2D eigenvalue weighted by atomic mass is 15.2. The molecule has 3 rings (SSSR count). The van der Waals surface area contributed by atoms with Gasteiger partial charge in [-0.3, -0.25) is 0 Å². The molecule has 4 nitrogen and oxygen atoms in total. The third-order valence-electron chi connectivity index (χ3n) is 3.36. The molecule has 0 aliphatic carbocycles. The highest BCUT2D eigenvalue weighted by Gasteiger charge is 2.03. The lowest BCUT2D eigenvalue weighted by molar-refractivity contribution is 0.968. The maximum atomic E-state index is 5.91. The van der Waals surface area contributed by atoms with Crippen LogP contribution in [-0.4, -0.2) is 16.6 Å². The zero-order chi connectivity index (χ0) is 14.7. The van der Waals surface area contributed by atoms with E-state index in [0.29, 0.717) is 5.84 Å². The van der Waals surface area contributed by atoms with Gasteiger partial charge in [0.1, 0.15) is 0 Å². The zero-order valence-electron chi connectivity index (χ0n) is 11.8. The molecular weight excluding hydrogens is 260 g/mol. The Bertz CT molecular complexity index is 813. The van der Waals surface area contributed by atoms with Crippen molar-refractivity contribution in [1.29, 1.82) is 0 Å². The first kappa shape index (κ1) is 13.1. The average Bonchev–Trinajstić information content (AvgIpc) is 2.85. The molecule has 2 N–H and O–H groups in total. The first-order valence-electron chi connectivity index (χ1n) is 6.71. The van der Waals surface area contributed by atoms with Crippen molar-refractivity contribution in [2.45, 2.75) is 0 Å². The van der Waals surface area contributed by atoms with E-state index >= 15 is 0 Å². The molecule has 0 fully saturated rings. The van der Waals surface area contributed by atoms with Gasteiger partial charge < -0.3 is 10.3 Å². The van der Waals surface area contributed by atoms with Gasteiger partial charge >= 0.3 is 0 Å². The summed E-state index contributed by atoms with van der Waals surface area (Å²) in [6.07, 6.45) is 3.76. The van der Waals surface area contributed by atoms with E-state index in [1.807, 2.05) is 55.7 Å². The first-order valence-corrected chi connectivity index (χ1v) is 6.71. The van der Waals surface area contributed by atoms with Crippen molar-refractivity contribution in [3.8, 4) is 0 Å². The quantitative estimate of drug-likeness (QED) is 0.446. The molecule has 2 aromatic carbocycles. The molecule has 104 valence electrons. The zero-order valence-corrected chi connectivity index (χ0v) is 11.8. The number of nitrogens with zero attached hydrogens (tertiary/aromatic N) is 3. The highest BCUT2D eigenvalue weighted by molar-refractivity contribution is 6.00. The van der Waals surface area contributed by atoms with E-state index in [1.54, 1.807) is 6.21 Å². The minimum atomic E-state index is 0.409. The van der Waals surface area contributed by atoms with Crippen molar-refractivity contribution in [1.82, 2.24) is 4.57 Å². The second-order valence-corrected chi connectivity index (χ2v) is 4.81. The summed E-state index contributed by atoms with van der Waals surface area (Å²) in [4.78, 5) is 0. The van der Waals surface area contributed by atoms with Gasteiger partial charge in [0.2, 0.25) is 0 Å². The van der Waals surface area contributed by atoms with Crippen LogP contribution >= 0.6 is 0 Å². The Balaban J connectivity index is 1.89. The van der Waals surface area contributed by atoms with Gasteiger partial charge in [-0.25, -0.2) is 0 Å². The minimum Gasteiger partial charge on any atom is -0.382 e. The number of rotatable bonds is 3. The lowest BCUT2D eigenvalue weighted by atomic mass is 10.2. The van der Waals surface area contributed by atoms with Gasteiger partial charge in [0.15, 0.2) is 5.84 Å². The molecule has 0 unspecified atom stereocenters. The minimum absolute atomic E-state index is 0.409. The monoisotopic (exact) mass is 276 g/mol. The van der Waals surface area contributed by atoms with Crippen molar-refractivity contribution >= 4 is 23.0 Å². The normalized spacial score (nSPS) is 12.3. The van der Waals surface area contributed by atoms with Crippen LogP contribution < -0.4 is 5.73 Å². The van der Waals surface area contributed by atoms with E-state index < -0.39 is 0 Å². The Labute approximate surface area is 123 Å². The number of fused-ring (bicyclic) bond motifs is 1. The molecule has 0 amide bonds. The summed E-state index contributed by atoms with van der Waals surface area (Å²) in [7, 11) is 2.02. The molecule has 3 aromatic rings. The van der Waals surface area contributed by atoms with Crippen molar-refractivity contribution in [3.63, 3.8) is 0 Å². The Morgan fingerprint density at radius 2 is 1.76 bits per heavy atom. The van der Waals surface area contributed by atoms with Crippen molar-refractivity contribution in [2.75, 3.05) is 0 Å². The van der Waals surface area contributed by atoms with Crippen molar-refractivity contribution < 1.29 is 0 Å². The number of nitrogens with two attached hydrogens (primary N) is 1. The van der Waals surface area contributed by atoms with Gasteiger partial charge in [-0.1, -0.05) is 48.5 Å². The van der Waals surface area contributed by atoms with Crippen LogP contribution in [0, 0.1) is 0 Å². The van der Waals surface area contributed by atoms with Crippen LogP contribution in [0.5, 0.6) is 0 Å². The molecule has 4 heteroatoms. The molecule has 1 heterocycles. The van der Waals surface area contributed by atoms with E-state index in [4.69, 9.17) is 5.73 Å². The fourth-order valence-corrected chi connectivity index (χ4v) is 2.30. The van der Waals surface area contributed by atoms with E-state index in [9.17, 15) is 0 Å². The third-order valence-corrected chi connectivity index (χ3v) is 3.36. The number of hydrogen-bond acceptors (Lipinski definition) is 2. The Kier molecular flexibility index (Phi) is 3.51.